The maximum atomic E-state index is 10.9. The van der Waals surface area contributed by atoms with E-state index in [0.29, 0.717) is 5.57 Å². The molecule has 1 heterocycles. The molecule has 0 saturated carbocycles. The van der Waals surface area contributed by atoms with E-state index in [-0.39, 0.29) is 12.0 Å². The van der Waals surface area contributed by atoms with Gasteiger partial charge in [0.15, 0.2) is 0 Å². The molecule has 1 aliphatic rings. The van der Waals surface area contributed by atoms with Gasteiger partial charge in [-0.3, -0.25) is 14.9 Å². The van der Waals surface area contributed by atoms with Crippen molar-refractivity contribution in [2.75, 3.05) is 0 Å². The number of nitrogens with one attached hydrogen (secondary N) is 1. The van der Waals surface area contributed by atoms with Gasteiger partial charge < -0.3 is 5.11 Å². The van der Waals surface area contributed by atoms with Crippen LogP contribution in [0.1, 0.15) is 13.3 Å². The summed E-state index contributed by atoms with van der Waals surface area (Å²) in [6.45, 7) is 1.46. The Morgan fingerprint density at radius 2 is 2.08 bits per heavy atom. The van der Waals surface area contributed by atoms with Gasteiger partial charge in [-0.25, -0.2) is 4.79 Å². The summed E-state index contributed by atoms with van der Waals surface area (Å²) in [4.78, 5) is 32.0. The van der Waals surface area contributed by atoms with Crippen LogP contribution in [0, 0.1) is 0 Å². The number of aliphatic carboxylic acids is 1. The van der Waals surface area contributed by atoms with Crippen LogP contribution in [-0.2, 0) is 14.4 Å². The summed E-state index contributed by atoms with van der Waals surface area (Å²) >= 11 is 0. The molecule has 1 rings (SSSR count). The van der Waals surface area contributed by atoms with Gasteiger partial charge in [0.05, 0.1) is 0 Å². The molecule has 2 amide bonds. The van der Waals surface area contributed by atoms with E-state index < -0.39 is 17.8 Å². The van der Waals surface area contributed by atoms with Crippen molar-refractivity contribution < 1.29 is 19.5 Å². The average molecular weight is 169 g/mol. The lowest BCUT2D eigenvalue weighted by Gasteiger charge is -2.13. The van der Waals surface area contributed by atoms with Crippen LogP contribution in [0.4, 0.5) is 0 Å². The third-order valence-corrected chi connectivity index (χ3v) is 1.55. The molecule has 0 bridgehead atoms. The van der Waals surface area contributed by atoms with Crippen molar-refractivity contribution in [1.82, 2.24) is 5.32 Å². The van der Waals surface area contributed by atoms with Gasteiger partial charge in [0.25, 0.3) is 5.91 Å². The SMILES string of the molecule is CC1=C(C(=O)O)C(=O)NC(=O)C1. The molecule has 0 aromatic heterocycles. The summed E-state index contributed by atoms with van der Waals surface area (Å²) < 4.78 is 0. The molecule has 5 heteroatoms. The smallest absolute Gasteiger partial charge is 0.341 e. The second-order valence-electron chi connectivity index (χ2n) is 2.51. The van der Waals surface area contributed by atoms with E-state index >= 15 is 0 Å². The van der Waals surface area contributed by atoms with E-state index in [1.54, 1.807) is 0 Å². The zero-order valence-corrected chi connectivity index (χ0v) is 6.38. The van der Waals surface area contributed by atoms with Gasteiger partial charge in [-0.1, -0.05) is 0 Å². The van der Waals surface area contributed by atoms with E-state index in [1.807, 2.05) is 5.32 Å². The summed E-state index contributed by atoms with van der Waals surface area (Å²) in [7, 11) is 0. The molecule has 0 unspecified atom stereocenters. The number of imide groups is 1. The van der Waals surface area contributed by atoms with E-state index in [0.717, 1.165) is 0 Å². The van der Waals surface area contributed by atoms with Crippen molar-refractivity contribution >= 4 is 17.8 Å². The topological polar surface area (TPSA) is 83.5 Å². The van der Waals surface area contributed by atoms with Crippen molar-refractivity contribution in [2.45, 2.75) is 13.3 Å². The fourth-order valence-corrected chi connectivity index (χ4v) is 1.04. The fourth-order valence-electron chi connectivity index (χ4n) is 1.04. The molecule has 1 aliphatic heterocycles. The molecule has 12 heavy (non-hydrogen) atoms. The van der Waals surface area contributed by atoms with Gasteiger partial charge in [0.1, 0.15) is 5.57 Å². The van der Waals surface area contributed by atoms with Gasteiger partial charge in [-0.05, 0) is 12.5 Å². The van der Waals surface area contributed by atoms with Gasteiger partial charge in [-0.15, -0.1) is 0 Å². The van der Waals surface area contributed by atoms with Gasteiger partial charge in [-0.2, -0.15) is 0 Å². The minimum Gasteiger partial charge on any atom is -0.477 e. The van der Waals surface area contributed by atoms with Crippen molar-refractivity contribution in [1.29, 1.82) is 0 Å². The number of rotatable bonds is 1. The Kier molecular flexibility index (Phi) is 1.95. The highest BCUT2D eigenvalue weighted by atomic mass is 16.4. The van der Waals surface area contributed by atoms with Crippen LogP contribution in [0.3, 0.4) is 0 Å². The van der Waals surface area contributed by atoms with E-state index in [4.69, 9.17) is 5.11 Å². The molecule has 0 aromatic rings. The Hall–Kier alpha value is -1.65. The van der Waals surface area contributed by atoms with Crippen LogP contribution in [0.25, 0.3) is 0 Å². The normalized spacial score (nSPS) is 17.8. The Balaban J connectivity index is 3.09. The third kappa shape index (κ3) is 1.34. The largest absolute Gasteiger partial charge is 0.477 e. The van der Waals surface area contributed by atoms with E-state index in [1.165, 1.54) is 6.92 Å². The number of carbonyl (C=O) groups is 3. The fraction of sp³-hybridized carbons (Fsp3) is 0.286. The van der Waals surface area contributed by atoms with Crippen molar-refractivity contribution in [3.05, 3.63) is 11.1 Å². The van der Waals surface area contributed by atoms with Crippen LogP contribution in [0.2, 0.25) is 0 Å². The Morgan fingerprint density at radius 3 is 2.50 bits per heavy atom. The minimum atomic E-state index is -1.29. The lowest BCUT2D eigenvalue weighted by molar-refractivity contribution is -0.136. The highest BCUT2D eigenvalue weighted by molar-refractivity contribution is 6.22. The molecule has 0 atom stereocenters. The van der Waals surface area contributed by atoms with Crippen LogP contribution >= 0.6 is 0 Å². The number of carbonyl (C=O) groups excluding carboxylic acids is 2. The molecular formula is C7H7NO4. The highest BCUT2D eigenvalue weighted by Crippen LogP contribution is 2.13. The maximum absolute atomic E-state index is 10.9. The van der Waals surface area contributed by atoms with Crippen LogP contribution in [0.5, 0.6) is 0 Å². The van der Waals surface area contributed by atoms with Gasteiger partial charge in [0.2, 0.25) is 5.91 Å². The van der Waals surface area contributed by atoms with Crippen molar-refractivity contribution in [2.24, 2.45) is 0 Å². The lowest BCUT2D eigenvalue weighted by atomic mass is 10.0. The Labute approximate surface area is 68.1 Å². The second-order valence-corrected chi connectivity index (χ2v) is 2.51. The van der Waals surface area contributed by atoms with Crippen LogP contribution in [0.15, 0.2) is 11.1 Å². The highest BCUT2D eigenvalue weighted by Gasteiger charge is 2.27. The first-order chi connectivity index (χ1) is 5.52. The van der Waals surface area contributed by atoms with Crippen LogP contribution < -0.4 is 5.32 Å². The predicted octanol–water partition coefficient (Wildman–Crippen LogP) is -0.566. The average Bonchev–Trinajstić information content (AvgIpc) is 1.82. The van der Waals surface area contributed by atoms with E-state index in [2.05, 4.69) is 0 Å². The molecule has 64 valence electrons. The van der Waals surface area contributed by atoms with Gasteiger partial charge >= 0.3 is 5.97 Å². The summed E-state index contributed by atoms with van der Waals surface area (Å²) in [6, 6.07) is 0. The summed E-state index contributed by atoms with van der Waals surface area (Å²) in [5, 5.41) is 10.5. The number of hydrogen-bond acceptors (Lipinski definition) is 3. The maximum Gasteiger partial charge on any atom is 0.341 e. The zero-order chi connectivity index (χ0) is 9.30. The first kappa shape index (κ1) is 8.45. The quantitative estimate of drug-likeness (QED) is 0.407. The molecule has 0 radical (unpaired) electrons. The number of amides is 2. The predicted molar refractivity (Wildman–Crippen MR) is 38.1 cm³/mol. The molecule has 5 nitrogen and oxygen atoms in total. The molecule has 2 N–H and O–H groups in total. The second kappa shape index (κ2) is 2.77. The first-order valence-electron chi connectivity index (χ1n) is 3.29. The summed E-state index contributed by atoms with van der Waals surface area (Å²) in [5.74, 6) is -2.57. The lowest BCUT2D eigenvalue weighted by Crippen LogP contribution is -2.38. The molecule has 0 saturated heterocycles. The summed E-state index contributed by atoms with van der Waals surface area (Å²) in [6.07, 6.45) is -0.0205. The van der Waals surface area contributed by atoms with E-state index in [9.17, 15) is 14.4 Å². The monoisotopic (exact) mass is 169 g/mol. The number of hydrogen-bond donors (Lipinski definition) is 2. The van der Waals surface area contributed by atoms with Crippen molar-refractivity contribution in [3.8, 4) is 0 Å². The standard InChI is InChI=1S/C7H7NO4/c1-3-2-4(9)8-6(10)5(3)7(11)12/h2H2,1H3,(H,11,12)(H,8,9,10). The summed E-state index contributed by atoms with van der Waals surface area (Å²) in [5.41, 5.74) is -0.0224. The molecule has 0 aliphatic carbocycles. The zero-order valence-electron chi connectivity index (χ0n) is 6.38. The number of carboxylic acid groups (broad SMARTS) is 1. The van der Waals surface area contributed by atoms with Crippen LogP contribution in [-0.4, -0.2) is 22.9 Å². The minimum absolute atomic E-state index is 0.0205. The Bertz CT molecular complexity index is 303. The third-order valence-electron chi connectivity index (χ3n) is 1.55. The van der Waals surface area contributed by atoms with Crippen molar-refractivity contribution in [3.63, 3.8) is 0 Å². The van der Waals surface area contributed by atoms with Gasteiger partial charge in [0, 0.05) is 6.42 Å². The molecule has 0 aromatic carbocycles. The molecular weight excluding hydrogens is 162 g/mol. The molecule has 0 fully saturated rings. The first-order valence-corrected chi connectivity index (χ1v) is 3.29. The molecule has 0 spiro atoms. The number of carboxylic acids is 1. The Morgan fingerprint density at radius 1 is 1.50 bits per heavy atom.